The molecular formula is C15H14F17O5P. The van der Waals surface area contributed by atoms with Gasteiger partial charge in [-0.3, -0.25) is 4.52 Å². The smallest absolute Gasteiger partial charge is 0.371 e. The summed E-state index contributed by atoms with van der Waals surface area (Å²) in [6, 6.07) is 0. The molecule has 1 aliphatic rings. The van der Waals surface area contributed by atoms with Gasteiger partial charge >= 0.3 is 55.4 Å². The lowest BCUT2D eigenvalue weighted by Gasteiger charge is -2.43. The number of halogens is 17. The summed E-state index contributed by atoms with van der Waals surface area (Å²) in [5.74, 6) is -58.0. The van der Waals surface area contributed by atoms with E-state index in [1.54, 1.807) is 0 Å². The van der Waals surface area contributed by atoms with Gasteiger partial charge in [0.2, 0.25) is 0 Å². The van der Waals surface area contributed by atoms with Crippen LogP contribution in [0.4, 0.5) is 74.6 Å². The molecule has 0 radical (unpaired) electrons. The van der Waals surface area contributed by atoms with E-state index in [-0.39, 0.29) is 6.61 Å². The summed E-state index contributed by atoms with van der Waals surface area (Å²) in [7, 11) is -6.67. The lowest BCUT2D eigenvalue weighted by molar-refractivity contribution is -0.467. The van der Waals surface area contributed by atoms with E-state index in [1.165, 1.54) is 0 Å². The number of hydrogen-bond acceptors (Lipinski definition) is 4. The van der Waals surface area contributed by atoms with Gasteiger partial charge in [-0.05, 0) is 6.42 Å². The minimum absolute atomic E-state index is 0.286. The highest BCUT2D eigenvalue weighted by molar-refractivity contribution is 7.47. The van der Waals surface area contributed by atoms with Crippen LogP contribution in [0, 0.1) is 0 Å². The maximum atomic E-state index is 13.8. The standard InChI is InChI=1S/C15H14F17O5P/c1-2-3-7(16)8(17,18)9(19,20)10(21,22)11(23,24)12(25,26)13(27,28)14(29,30)15(31,32)37-38(33,34)36-5-6-4-35-6/h6-7H,2-5H2,1H3,(H,33,34). The predicted octanol–water partition coefficient (Wildman–Crippen LogP) is 6.70. The zero-order valence-electron chi connectivity index (χ0n) is 17.9. The minimum atomic E-state index is -8.79. The molecule has 0 aromatic rings. The van der Waals surface area contributed by atoms with Gasteiger partial charge in [0.1, 0.15) is 6.10 Å². The van der Waals surface area contributed by atoms with E-state index in [2.05, 4.69) is 13.8 Å². The highest BCUT2D eigenvalue weighted by Crippen LogP contribution is 2.65. The third-order valence-corrected chi connectivity index (χ3v) is 5.68. The Bertz CT molecular complexity index is 891. The van der Waals surface area contributed by atoms with Crippen LogP contribution < -0.4 is 0 Å². The third-order valence-electron chi connectivity index (χ3n) is 4.75. The first kappa shape index (κ1) is 34.9. The summed E-state index contributed by atoms with van der Waals surface area (Å²) < 4.78 is 253. The molecule has 1 saturated heterocycles. The zero-order chi connectivity index (χ0) is 30.6. The van der Waals surface area contributed by atoms with Crippen molar-refractivity contribution >= 4 is 7.82 Å². The zero-order valence-corrected chi connectivity index (χ0v) is 18.8. The fourth-order valence-corrected chi connectivity index (χ4v) is 3.19. The van der Waals surface area contributed by atoms with Crippen LogP contribution in [-0.2, 0) is 18.3 Å². The molecule has 1 fully saturated rings. The lowest BCUT2D eigenvalue weighted by atomic mass is 9.87. The molecule has 1 heterocycles. The second-order valence-electron chi connectivity index (χ2n) is 7.65. The molecule has 0 spiro atoms. The number of phosphoric acid groups is 1. The molecule has 228 valence electrons. The number of hydrogen-bond donors (Lipinski definition) is 1. The first-order valence-corrected chi connectivity index (χ1v) is 11.0. The van der Waals surface area contributed by atoms with Crippen molar-refractivity contribution < 1.29 is 97.9 Å². The van der Waals surface area contributed by atoms with Crippen molar-refractivity contribution in [1.29, 1.82) is 0 Å². The summed E-state index contributed by atoms with van der Waals surface area (Å²) in [6.45, 7) is -0.781. The predicted molar refractivity (Wildman–Crippen MR) is 86.0 cm³/mol. The Morgan fingerprint density at radius 1 is 0.789 bits per heavy atom. The minimum Gasteiger partial charge on any atom is -0.371 e. The van der Waals surface area contributed by atoms with Crippen molar-refractivity contribution in [3.63, 3.8) is 0 Å². The molecule has 23 heteroatoms. The Labute approximate surface area is 199 Å². The van der Waals surface area contributed by atoms with Crippen molar-refractivity contribution in [3.05, 3.63) is 0 Å². The van der Waals surface area contributed by atoms with Crippen LogP contribution in [-0.4, -0.2) is 77.9 Å². The van der Waals surface area contributed by atoms with Crippen molar-refractivity contribution in [2.75, 3.05) is 13.2 Å². The van der Waals surface area contributed by atoms with Crippen molar-refractivity contribution in [2.24, 2.45) is 0 Å². The number of rotatable bonds is 15. The first-order chi connectivity index (χ1) is 16.5. The summed E-state index contributed by atoms with van der Waals surface area (Å²) in [4.78, 5) is 8.86. The first-order valence-electron chi connectivity index (χ1n) is 9.48. The van der Waals surface area contributed by atoms with Crippen LogP contribution in [0.15, 0.2) is 0 Å². The molecule has 0 aromatic heterocycles. The van der Waals surface area contributed by atoms with Gasteiger partial charge < -0.3 is 9.63 Å². The Balaban J connectivity index is 3.51. The Kier molecular flexibility index (Phi) is 9.24. The molecule has 0 amide bonds. The highest BCUT2D eigenvalue weighted by atomic mass is 31.2. The molecule has 3 atom stereocenters. The topological polar surface area (TPSA) is 68.3 Å². The molecule has 3 unspecified atom stereocenters. The number of epoxide rings is 1. The molecule has 1 N–H and O–H groups in total. The van der Waals surface area contributed by atoms with Crippen LogP contribution in [0.2, 0.25) is 0 Å². The van der Waals surface area contributed by atoms with Crippen molar-refractivity contribution in [2.45, 2.75) is 79.6 Å². The van der Waals surface area contributed by atoms with E-state index in [0.29, 0.717) is 0 Å². The maximum Gasteiger partial charge on any atom is 0.477 e. The Morgan fingerprint density at radius 3 is 1.53 bits per heavy atom. The third kappa shape index (κ3) is 5.43. The average molecular weight is 628 g/mol. The molecule has 38 heavy (non-hydrogen) atoms. The largest absolute Gasteiger partial charge is 0.477 e. The lowest BCUT2D eigenvalue weighted by Crippen LogP contribution is -2.75. The second-order valence-corrected chi connectivity index (χ2v) is 9.03. The van der Waals surface area contributed by atoms with E-state index in [4.69, 9.17) is 4.89 Å². The molecule has 0 bridgehead atoms. The molecule has 5 nitrogen and oxygen atoms in total. The summed E-state index contributed by atoms with van der Waals surface area (Å²) >= 11 is 0. The van der Waals surface area contributed by atoms with Crippen LogP contribution in [0.3, 0.4) is 0 Å². The van der Waals surface area contributed by atoms with Crippen molar-refractivity contribution in [3.8, 4) is 0 Å². The summed E-state index contributed by atoms with van der Waals surface area (Å²) in [5.41, 5.74) is 0. The van der Waals surface area contributed by atoms with Gasteiger partial charge in [-0.2, -0.15) is 70.2 Å². The van der Waals surface area contributed by atoms with Gasteiger partial charge in [0.05, 0.1) is 13.2 Å². The van der Waals surface area contributed by atoms with Crippen LogP contribution in [0.25, 0.3) is 0 Å². The van der Waals surface area contributed by atoms with E-state index in [1.807, 2.05) is 0 Å². The highest BCUT2D eigenvalue weighted by Gasteiger charge is 2.95. The van der Waals surface area contributed by atoms with E-state index < -0.39 is 87.1 Å². The molecule has 0 aliphatic carbocycles. The molecular weight excluding hydrogens is 614 g/mol. The van der Waals surface area contributed by atoms with Gasteiger partial charge in [-0.15, -0.1) is 0 Å². The fourth-order valence-electron chi connectivity index (χ4n) is 2.38. The van der Waals surface area contributed by atoms with E-state index in [9.17, 15) is 79.2 Å². The van der Waals surface area contributed by atoms with Crippen LogP contribution in [0.5, 0.6) is 0 Å². The fraction of sp³-hybridized carbons (Fsp3) is 1.00. The summed E-state index contributed by atoms with van der Waals surface area (Å²) in [5, 5.41) is 0. The van der Waals surface area contributed by atoms with Gasteiger partial charge in [0.15, 0.2) is 6.17 Å². The number of phosphoric ester groups is 1. The van der Waals surface area contributed by atoms with E-state index >= 15 is 0 Å². The van der Waals surface area contributed by atoms with Gasteiger partial charge in [-0.25, -0.2) is 13.5 Å². The number of ether oxygens (including phenoxy) is 1. The summed E-state index contributed by atoms with van der Waals surface area (Å²) in [6.07, 6.45) is -15.8. The molecule has 0 aromatic carbocycles. The molecule has 1 rings (SSSR count). The Hall–Kier alpha value is -1.12. The maximum absolute atomic E-state index is 13.8. The van der Waals surface area contributed by atoms with Crippen molar-refractivity contribution in [1.82, 2.24) is 0 Å². The quantitative estimate of drug-likeness (QED) is 0.124. The Morgan fingerprint density at radius 2 is 1.16 bits per heavy atom. The van der Waals surface area contributed by atoms with E-state index in [0.717, 1.165) is 6.92 Å². The monoisotopic (exact) mass is 628 g/mol. The normalized spacial score (nSPS) is 21.3. The second kappa shape index (κ2) is 10.1. The van der Waals surface area contributed by atoms with Gasteiger partial charge in [0, 0.05) is 0 Å². The van der Waals surface area contributed by atoms with Crippen LogP contribution >= 0.6 is 7.82 Å². The van der Waals surface area contributed by atoms with Crippen LogP contribution in [0.1, 0.15) is 19.8 Å². The van der Waals surface area contributed by atoms with Gasteiger partial charge in [0.25, 0.3) is 0 Å². The number of alkyl halides is 17. The molecule has 1 aliphatic heterocycles. The SMILES string of the molecule is CCCC(F)C(F)(F)C(F)(F)C(F)(F)C(F)(F)C(F)(F)C(F)(F)C(F)(F)C(F)(F)OP(=O)(O)OCC1CO1. The van der Waals surface area contributed by atoms with Gasteiger partial charge in [-0.1, -0.05) is 13.3 Å². The average Bonchev–Trinajstić information content (AvgIpc) is 3.55. The molecule has 0 saturated carbocycles.